The number of hydrogen-bond acceptors (Lipinski definition) is 4. The van der Waals surface area contributed by atoms with Crippen molar-refractivity contribution in [2.24, 2.45) is 0 Å². The average molecular weight is 320 g/mol. The molecule has 1 N–H and O–H groups in total. The van der Waals surface area contributed by atoms with Crippen LogP contribution in [0.4, 0.5) is 11.8 Å². The summed E-state index contributed by atoms with van der Waals surface area (Å²) in [5.41, 5.74) is 2.30. The van der Waals surface area contributed by atoms with E-state index < -0.39 is 0 Å². The highest BCUT2D eigenvalue weighted by Crippen LogP contribution is 2.25. The van der Waals surface area contributed by atoms with Crippen LogP contribution in [0.5, 0.6) is 0 Å². The fourth-order valence-corrected chi connectivity index (χ4v) is 2.87. The molecule has 3 aromatic rings. The van der Waals surface area contributed by atoms with E-state index in [9.17, 15) is 0 Å². The number of aromatic nitrogens is 2. The number of rotatable bonds is 7. The second kappa shape index (κ2) is 7.77. The first-order valence-corrected chi connectivity index (χ1v) is 8.61. The Kier molecular flexibility index (Phi) is 5.26. The third kappa shape index (κ3) is 3.65. The first-order chi connectivity index (χ1) is 11.8. The molecular formula is C20H24N4. The molecule has 0 bridgehead atoms. The maximum Gasteiger partial charge on any atom is 0.225 e. The summed E-state index contributed by atoms with van der Waals surface area (Å²) in [5, 5.41) is 4.49. The van der Waals surface area contributed by atoms with E-state index in [-0.39, 0.29) is 0 Å². The summed E-state index contributed by atoms with van der Waals surface area (Å²) >= 11 is 0. The van der Waals surface area contributed by atoms with Crippen molar-refractivity contribution in [3.8, 4) is 0 Å². The van der Waals surface area contributed by atoms with Crippen LogP contribution in [0.3, 0.4) is 0 Å². The van der Waals surface area contributed by atoms with Crippen LogP contribution < -0.4 is 10.2 Å². The molecule has 0 atom stereocenters. The number of nitrogens with one attached hydrogen (secondary N) is 1. The van der Waals surface area contributed by atoms with Crippen molar-refractivity contribution in [1.82, 2.24) is 9.97 Å². The Bertz CT molecular complexity index is 782. The Morgan fingerprint density at radius 1 is 0.875 bits per heavy atom. The molecule has 0 unspecified atom stereocenters. The lowest BCUT2D eigenvalue weighted by Crippen LogP contribution is -2.24. The van der Waals surface area contributed by atoms with Crippen molar-refractivity contribution < 1.29 is 0 Å². The SMILES string of the molecule is CCN(CC)c1nc(NCCc2ccccc2)nc2ccccc12. The van der Waals surface area contributed by atoms with Crippen LogP contribution in [-0.2, 0) is 6.42 Å². The molecule has 0 saturated heterocycles. The number of fused-ring (bicyclic) bond motifs is 1. The molecule has 0 fully saturated rings. The van der Waals surface area contributed by atoms with Crippen LogP contribution in [-0.4, -0.2) is 29.6 Å². The molecule has 4 heteroatoms. The van der Waals surface area contributed by atoms with Gasteiger partial charge in [-0.15, -0.1) is 0 Å². The lowest BCUT2D eigenvalue weighted by molar-refractivity contribution is 0.847. The molecule has 24 heavy (non-hydrogen) atoms. The van der Waals surface area contributed by atoms with Gasteiger partial charge in [0.15, 0.2) is 0 Å². The van der Waals surface area contributed by atoms with Gasteiger partial charge >= 0.3 is 0 Å². The highest BCUT2D eigenvalue weighted by molar-refractivity contribution is 5.90. The van der Waals surface area contributed by atoms with Crippen molar-refractivity contribution in [2.45, 2.75) is 20.3 Å². The van der Waals surface area contributed by atoms with Gasteiger partial charge in [-0.3, -0.25) is 0 Å². The summed E-state index contributed by atoms with van der Waals surface area (Å²) in [7, 11) is 0. The Morgan fingerprint density at radius 2 is 1.58 bits per heavy atom. The standard InChI is InChI=1S/C20H24N4/c1-3-24(4-2)19-17-12-8-9-13-18(17)22-20(23-19)21-15-14-16-10-6-5-7-11-16/h5-13H,3-4,14-15H2,1-2H3,(H,21,22,23). The largest absolute Gasteiger partial charge is 0.356 e. The van der Waals surface area contributed by atoms with Crippen molar-refractivity contribution in [3.63, 3.8) is 0 Å². The van der Waals surface area contributed by atoms with Crippen molar-refractivity contribution in [3.05, 3.63) is 60.2 Å². The van der Waals surface area contributed by atoms with E-state index >= 15 is 0 Å². The number of nitrogens with zero attached hydrogens (tertiary/aromatic N) is 3. The molecule has 0 amide bonds. The molecule has 0 aliphatic carbocycles. The second-order valence-electron chi connectivity index (χ2n) is 5.72. The van der Waals surface area contributed by atoms with E-state index in [0.717, 1.165) is 42.8 Å². The van der Waals surface area contributed by atoms with E-state index in [1.807, 2.05) is 24.3 Å². The smallest absolute Gasteiger partial charge is 0.225 e. The van der Waals surface area contributed by atoms with Gasteiger partial charge in [-0.25, -0.2) is 4.98 Å². The van der Waals surface area contributed by atoms with Gasteiger partial charge in [-0.2, -0.15) is 4.98 Å². The molecule has 4 nitrogen and oxygen atoms in total. The third-order valence-electron chi connectivity index (χ3n) is 4.19. The lowest BCUT2D eigenvalue weighted by Gasteiger charge is -2.22. The topological polar surface area (TPSA) is 41.1 Å². The van der Waals surface area contributed by atoms with Gasteiger partial charge in [0.05, 0.1) is 5.52 Å². The van der Waals surface area contributed by atoms with Gasteiger partial charge in [0, 0.05) is 25.0 Å². The minimum Gasteiger partial charge on any atom is -0.356 e. The first-order valence-electron chi connectivity index (χ1n) is 8.61. The predicted molar refractivity (Wildman–Crippen MR) is 102 cm³/mol. The second-order valence-corrected chi connectivity index (χ2v) is 5.72. The van der Waals surface area contributed by atoms with Gasteiger partial charge in [0.2, 0.25) is 5.95 Å². The summed E-state index contributed by atoms with van der Waals surface area (Å²) in [6.07, 6.45) is 0.956. The summed E-state index contributed by atoms with van der Waals surface area (Å²) in [4.78, 5) is 11.7. The summed E-state index contributed by atoms with van der Waals surface area (Å²) in [5.74, 6) is 1.71. The van der Waals surface area contributed by atoms with Crippen molar-refractivity contribution >= 4 is 22.7 Å². The Balaban J connectivity index is 1.82. The normalized spacial score (nSPS) is 10.8. The highest BCUT2D eigenvalue weighted by atomic mass is 15.2. The zero-order chi connectivity index (χ0) is 16.8. The quantitative estimate of drug-likeness (QED) is 0.710. The molecule has 0 spiro atoms. The Hall–Kier alpha value is -2.62. The van der Waals surface area contributed by atoms with Gasteiger partial charge in [0.25, 0.3) is 0 Å². The van der Waals surface area contributed by atoms with Gasteiger partial charge in [-0.05, 0) is 38.0 Å². The molecule has 3 rings (SSSR count). The number of hydrogen-bond donors (Lipinski definition) is 1. The molecule has 2 aromatic carbocycles. The van der Waals surface area contributed by atoms with Crippen LogP contribution in [0.25, 0.3) is 10.9 Å². The molecule has 1 heterocycles. The first kappa shape index (κ1) is 16.2. The summed E-state index contributed by atoms with van der Waals surface area (Å²) < 4.78 is 0. The monoisotopic (exact) mass is 320 g/mol. The third-order valence-corrected chi connectivity index (χ3v) is 4.19. The molecular weight excluding hydrogens is 296 g/mol. The molecule has 0 aliphatic heterocycles. The van der Waals surface area contributed by atoms with Crippen LogP contribution in [0.1, 0.15) is 19.4 Å². The van der Waals surface area contributed by atoms with Gasteiger partial charge in [-0.1, -0.05) is 42.5 Å². The summed E-state index contributed by atoms with van der Waals surface area (Å²) in [6, 6.07) is 18.7. The molecule has 124 valence electrons. The van der Waals surface area contributed by atoms with Crippen LogP contribution in [0.15, 0.2) is 54.6 Å². The average Bonchev–Trinajstić information content (AvgIpc) is 2.63. The lowest BCUT2D eigenvalue weighted by atomic mass is 10.1. The fraction of sp³-hybridized carbons (Fsp3) is 0.300. The molecule has 0 radical (unpaired) electrons. The number of benzene rings is 2. The van der Waals surface area contributed by atoms with Crippen molar-refractivity contribution in [1.29, 1.82) is 0 Å². The van der Waals surface area contributed by atoms with Gasteiger partial charge in [0.1, 0.15) is 5.82 Å². The maximum atomic E-state index is 4.78. The minimum absolute atomic E-state index is 0.700. The predicted octanol–water partition coefficient (Wildman–Crippen LogP) is 4.13. The Labute approximate surface area is 143 Å². The van der Waals surface area contributed by atoms with E-state index in [1.165, 1.54) is 5.56 Å². The molecule has 0 saturated carbocycles. The fourth-order valence-electron chi connectivity index (χ4n) is 2.87. The van der Waals surface area contributed by atoms with Gasteiger partial charge < -0.3 is 10.2 Å². The number of anilines is 2. The zero-order valence-corrected chi connectivity index (χ0v) is 14.4. The van der Waals surface area contributed by atoms with Crippen LogP contribution in [0.2, 0.25) is 0 Å². The van der Waals surface area contributed by atoms with Crippen LogP contribution in [0, 0.1) is 0 Å². The van der Waals surface area contributed by atoms with E-state index in [2.05, 4.69) is 59.4 Å². The molecule has 0 aliphatic rings. The minimum atomic E-state index is 0.700. The van der Waals surface area contributed by atoms with Crippen LogP contribution >= 0.6 is 0 Å². The van der Waals surface area contributed by atoms with Crippen molar-refractivity contribution in [2.75, 3.05) is 29.9 Å². The number of para-hydroxylation sites is 1. The van der Waals surface area contributed by atoms with E-state index in [1.54, 1.807) is 0 Å². The highest BCUT2D eigenvalue weighted by Gasteiger charge is 2.11. The Morgan fingerprint density at radius 3 is 2.33 bits per heavy atom. The summed E-state index contributed by atoms with van der Waals surface area (Å²) in [6.45, 7) is 6.99. The molecule has 1 aromatic heterocycles. The zero-order valence-electron chi connectivity index (χ0n) is 14.4. The maximum absolute atomic E-state index is 4.78. The van der Waals surface area contributed by atoms with E-state index in [4.69, 9.17) is 4.98 Å². The van der Waals surface area contributed by atoms with E-state index in [0.29, 0.717) is 5.95 Å².